The summed E-state index contributed by atoms with van der Waals surface area (Å²) >= 11 is 6.02. The molecule has 0 aromatic carbocycles. The van der Waals surface area contributed by atoms with Gasteiger partial charge in [-0.25, -0.2) is 9.97 Å². The van der Waals surface area contributed by atoms with E-state index in [9.17, 15) is 0 Å². The zero-order valence-electron chi connectivity index (χ0n) is 12.6. The second-order valence-corrected chi connectivity index (χ2v) is 5.12. The van der Waals surface area contributed by atoms with E-state index < -0.39 is 0 Å². The molecule has 2 aromatic rings. The van der Waals surface area contributed by atoms with Crippen molar-refractivity contribution in [2.75, 3.05) is 11.9 Å². The summed E-state index contributed by atoms with van der Waals surface area (Å²) in [4.78, 5) is 8.53. The molecular formula is C14H19ClN4O2. The third-order valence-electron chi connectivity index (χ3n) is 3.06. The Balaban J connectivity index is 2.17. The number of halogens is 1. The van der Waals surface area contributed by atoms with Crippen LogP contribution in [0.4, 0.5) is 5.82 Å². The summed E-state index contributed by atoms with van der Waals surface area (Å²) in [7, 11) is 0. The molecule has 0 aliphatic heterocycles. The molecule has 1 atom stereocenters. The van der Waals surface area contributed by atoms with Crippen LogP contribution in [0.15, 0.2) is 10.6 Å². The quantitative estimate of drug-likeness (QED) is 0.824. The predicted octanol–water partition coefficient (Wildman–Crippen LogP) is 3.44. The first kappa shape index (κ1) is 15.7. The minimum atomic E-state index is 0.00200. The number of nitrogens with one attached hydrogen (secondary N) is 1. The largest absolute Gasteiger partial charge is 0.374 e. The van der Waals surface area contributed by atoms with Crippen molar-refractivity contribution in [1.29, 1.82) is 0 Å². The standard InChI is InChI=1S/C14H19ClN4O2/c1-5-20-7-13-17-11(15)6-12(18-13)16-8(2)14-9(3)19-21-10(14)4/h6,8H,5,7H2,1-4H3,(H,16,17,18). The highest BCUT2D eigenvalue weighted by Crippen LogP contribution is 2.25. The fraction of sp³-hybridized carbons (Fsp3) is 0.500. The van der Waals surface area contributed by atoms with Crippen LogP contribution in [0.2, 0.25) is 5.15 Å². The average molecular weight is 311 g/mol. The molecule has 0 saturated heterocycles. The third-order valence-corrected chi connectivity index (χ3v) is 3.26. The van der Waals surface area contributed by atoms with E-state index in [1.807, 2.05) is 27.7 Å². The zero-order chi connectivity index (χ0) is 15.4. The molecule has 21 heavy (non-hydrogen) atoms. The third kappa shape index (κ3) is 3.92. The fourth-order valence-electron chi connectivity index (χ4n) is 2.20. The number of aromatic nitrogens is 3. The Hall–Kier alpha value is -1.66. The van der Waals surface area contributed by atoms with Gasteiger partial charge in [-0.15, -0.1) is 0 Å². The van der Waals surface area contributed by atoms with Crippen LogP contribution in [-0.4, -0.2) is 21.7 Å². The monoisotopic (exact) mass is 310 g/mol. The molecule has 0 radical (unpaired) electrons. The summed E-state index contributed by atoms with van der Waals surface area (Å²) in [6, 6.07) is 1.69. The molecule has 1 N–H and O–H groups in total. The van der Waals surface area contributed by atoms with Gasteiger partial charge in [0, 0.05) is 18.2 Å². The molecule has 6 nitrogen and oxygen atoms in total. The molecule has 114 valence electrons. The van der Waals surface area contributed by atoms with Crippen molar-refractivity contribution >= 4 is 17.4 Å². The Bertz CT molecular complexity index is 596. The molecule has 0 bridgehead atoms. The van der Waals surface area contributed by atoms with Crippen molar-refractivity contribution in [2.45, 2.75) is 40.3 Å². The minimum Gasteiger partial charge on any atom is -0.374 e. The van der Waals surface area contributed by atoms with Gasteiger partial charge in [0.25, 0.3) is 0 Å². The van der Waals surface area contributed by atoms with Gasteiger partial charge in [0.1, 0.15) is 23.3 Å². The predicted molar refractivity (Wildman–Crippen MR) is 80.4 cm³/mol. The minimum absolute atomic E-state index is 0.00200. The van der Waals surface area contributed by atoms with Crippen molar-refractivity contribution in [3.8, 4) is 0 Å². The van der Waals surface area contributed by atoms with Crippen molar-refractivity contribution in [3.05, 3.63) is 34.1 Å². The van der Waals surface area contributed by atoms with Crippen LogP contribution in [0, 0.1) is 13.8 Å². The normalized spacial score (nSPS) is 12.4. The van der Waals surface area contributed by atoms with Crippen molar-refractivity contribution < 1.29 is 9.26 Å². The Kier molecular flexibility index (Phi) is 5.14. The molecule has 0 aliphatic rings. The zero-order valence-corrected chi connectivity index (χ0v) is 13.4. The van der Waals surface area contributed by atoms with Gasteiger partial charge in [0.15, 0.2) is 5.82 Å². The molecular weight excluding hydrogens is 292 g/mol. The maximum Gasteiger partial charge on any atom is 0.158 e. The first-order valence-corrected chi connectivity index (χ1v) is 7.19. The molecule has 0 aliphatic carbocycles. The number of aryl methyl sites for hydroxylation is 2. The van der Waals surface area contributed by atoms with E-state index in [1.165, 1.54) is 0 Å². The van der Waals surface area contributed by atoms with E-state index in [4.69, 9.17) is 20.9 Å². The Morgan fingerprint density at radius 1 is 1.38 bits per heavy atom. The highest BCUT2D eigenvalue weighted by Gasteiger charge is 2.17. The maximum absolute atomic E-state index is 6.02. The van der Waals surface area contributed by atoms with Gasteiger partial charge < -0.3 is 14.6 Å². The summed E-state index contributed by atoms with van der Waals surface area (Å²) in [5.41, 5.74) is 1.89. The van der Waals surface area contributed by atoms with Crippen molar-refractivity contribution in [2.24, 2.45) is 0 Å². The van der Waals surface area contributed by atoms with Crippen LogP contribution in [-0.2, 0) is 11.3 Å². The number of ether oxygens (including phenoxy) is 1. The van der Waals surface area contributed by atoms with Crippen LogP contribution in [0.25, 0.3) is 0 Å². The number of hydrogen-bond acceptors (Lipinski definition) is 6. The van der Waals surface area contributed by atoms with E-state index in [0.29, 0.717) is 30.0 Å². The first-order valence-electron chi connectivity index (χ1n) is 6.81. The second-order valence-electron chi connectivity index (χ2n) is 4.73. The highest BCUT2D eigenvalue weighted by molar-refractivity contribution is 6.29. The van der Waals surface area contributed by atoms with E-state index in [1.54, 1.807) is 6.07 Å². The van der Waals surface area contributed by atoms with Gasteiger partial charge >= 0.3 is 0 Å². The van der Waals surface area contributed by atoms with Crippen molar-refractivity contribution in [3.63, 3.8) is 0 Å². The molecule has 1 unspecified atom stereocenters. The molecule has 2 heterocycles. The smallest absolute Gasteiger partial charge is 0.158 e. The summed E-state index contributed by atoms with van der Waals surface area (Å²) in [5.74, 6) is 2.00. The molecule has 2 rings (SSSR count). The van der Waals surface area contributed by atoms with Crippen LogP contribution in [0.5, 0.6) is 0 Å². The highest BCUT2D eigenvalue weighted by atomic mass is 35.5. The van der Waals surface area contributed by atoms with E-state index in [-0.39, 0.29) is 6.04 Å². The fourth-order valence-corrected chi connectivity index (χ4v) is 2.40. The van der Waals surface area contributed by atoms with Gasteiger partial charge in [0.05, 0.1) is 11.7 Å². The number of hydrogen-bond donors (Lipinski definition) is 1. The lowest BCUT2D eigenvalue weighted by atomic mass is 10.1. The van der Waals surface area contributed by atoms with Gasteiger partial charge in [-0.3, -0.25) is 0 Å². The van der Waals surface area contributed by atoms with Crippen molar-refractivity contribution in [1.82, 2.24) is 15.1 Å². The summed E-state index contributed by atoms with van der Waals surface area (Å²) < 4.78 is 10.5. The number of nitrogens with zero attached hydrogens (tertiary/aromatic N) is 3. The van der Waals surface area contributed by atoms with Gasteiger partial charge in [0.2, 0.25) is 0 Å². The Morgan fingerprint density at radius 2 is 2.14 bits per heavy atom. The van der Waals surface area contributed by atoms with Gasteiger partial charge in [-0.2, -0.15) is 0 Å². The Labute approximate surface area is 128 Å². The van der Waals surface area contributed by atoms with Crippen LogP contribution < -0.4 is 5.32 Å². The summed E-state index contributed by atoms with van der Waals surface area (Å²) in [6.07, 6.45) is 0. The molecule has 2 aromatic heterocycles. The SMILES string of the molecule is CCOCc1nc(Cl)cc(NC(C)c2c(C)noc2C)n1. The lowest BCUT2D eigenvalue weighted by Crippen LogP contribution is -2.11. The van der Waals surface area contributed by atoms with Crippen LogP contribution in [0.3, 0.4) is 0 Å². The van der Waals surface area contributed by atoms with Gasteiger partial charge in [-0.1, -0.05) is 16.8 Å². The lowest BCUT2D eigenvalue weighted by molar-refractivity contribution is 0.128. The molecule has 0 spiro atoms. The molecule has 7 heteroatoms. The molecule has 0 amide bonds. The van der Waals surface area contributed by atoms with Crippen LogP contribution in [0.1, 0.15) is 42.7 Å². The molecule has 0 fully saturated rings. The topological polar surface area (TPSA) is 73.1 Å². The van der Waals surface area contributed by atoms with Crippen LogP contribution >= 0.6 is 11.6 Å². The number of anilines is 1. The molecule has 0 saturated carbocycles. The average Bonchev–Trinajstić information content (AvgIpc) is 2.75. The lowest BCUT2D eigenvalue weighted by Gasteiger charge is -2.15. The van der Waals surface area contributed by atoms with Gasteiger partial charge in [-0.05, 0) is 27.7 Å². The summed E-state index contributed by atoms with van der Waals surface area (Å²) in [5, 5.41) is 7.64. The maximum atomic E-state index is 6.02. The first-order chi connectivity index (χ1) is 10.0. The summed E-state index contributed by atoms with van der Waals surface area (Å²) in [6.45, 7) is 8.69. The van der Waals surface area contributed by atoms with E-state index in [2.05, 4.69) is 20.4 Å². The number of rotatable bonds is 6. The Morgan fingerprint density at radius 3 is 2.76 bits per heavy atom. The van der Waals surface area contributed by atoms with E-state index in [0.717, 1.165) is 17.0 Å². The second kappa shape index (κ2) is 6.87. The van der Waals surface area contributed by atoms with E-state index >= 15 is 0 Å².